The Kier molecular flexibility index (Phi) is 7.76. The molecule has 7 nitrogen and oxygen atoms in total. The van der Waals surface area contributed by atoms with Gasteiger partial charge in [0.2, 0.25) is 10.0 Å². The van der Waals surface area contributed by atoms with E-state index in [4.69, 9.17) is 4.74 Å². The van der Waals surface area contributed by atoms with Gasteiger partial charge in [0.15, 0.2) is 0 Å². The minimum absolute atomic E-state index is 0.147. The van der Waals surface area contributed by atoms with Crippen molar-refractivity contribution >= 4 is 21.6 Å². The van der Waals surface area contributed by atoms with E-state index in [2.05, 4.69) is 17.1 Å². The average molecular weight is 438 g/mol. The van der Waals surface area contributed by atoms with E-state index in [1.165, 1.54) is 4.31 Å². The van der Waals surface area contributed by atoms with Crippen LogP contribution in [0.15, 0.2) is 23.1 Å². The number of anilines is 1. The minimum Gasteiger partial charge on any atom is -0.378 e. The highest BCUT2D eigenvalue weighted by Gasteiger charge is 2.27. The summed E-state index contributed by atoms with van der Waals surface area (Å²) in [7, 11) is -3.63. The van der Waals surface area contributed by atoms with Crippen molar-refractivity contribution < 1.29 is 17.9 Å². The third-order valence-electron chi connectivity index (χ3n) is 6.26. The van der Waals surface area contributed by atoms with Gasteiger partial charge >= 0.3 is 0 Å². The third-order valence-corrected chi connectivity index (χ3v) is 8.30. The molecule has 1 N–H and O–H groups in total. The summed E-state index contributed by atoms with van der Waals surface area (Å²) in [5, 5.41) is 3.17. The van der Waals surface area contributed by atoms with Gasteiger partial charge in [-0.2, -0.15) is 4.31 Å². The van der Waals surface area contributed by atoms with Crippen molar-refractivity contribution in [2.75, 3.05) is 44.3 Å². The second-order valence-electron chi connectivity index (χ2n) is 8.30. The van der Waals surface area contributed by atoms with Gasteiger partial charge in [-0.25, -0.2) is 8.42 Å². The lowest BCUT2D eigenvalue weighted by Crippen LogP contribution is -2.40. The number of carbonyl (C=O) groups is 1. The molecule has 8 heteroatoms. The van der Waals surface area contributed by atoms with E-state index < -0.39 is 10.0 Å². The second-order valence-corrected chi connectivity index (χ2v) is 10.2. The highest BCUT2D eigenvalue weighted by atomic mass is 32.2. The third kappa shape index (κ3) is 5.15. The first kappa shape index (κ1) is 23.0. The van der Waals surface area contributed by atoms with Crippen LogP contribution in [0.4, 0.5) is 5.69 Å². The van der Waals surface area contributed by atoms with Crippen molar-refractivity contribution in [3.8, 4) is 0 Å². The lowest BCUT2D eigenvalue weighted by molar-refractivity contribution is 0.0921. The van der Waals surface area contributed by atoms with Crippen molar-refractivity contribution in [2.45, 2.75) is 57.4 Å². The van der Waals surface area contributed by atoms with Crippen LogP contribution in [0.25, 0.3) is 0 Å². The number of ether oxygens (including phenoxy) is 1. The lowest BCUT2D eigenvalue weighted by atomic mass is 9.87. The minimum atomic E-state index is -3.63. The molecule has 30 heavy (non-hydrogen) atoms. The molecule has 168 valence electrons. The quantitative estimate of drug-likeness (QED) is 0.710. The Hall–Kier alpha value is -1.64. The Balaban J connectivity index is 1.92. The molecule has 1 aromatic rings. The van der Waals surface area contributed by atoms with E-state index in [0.717, 1.165) is 31.4 Å². The van der Waals surface area contributed by atoms with Crippen LogP contribution in [-0.4, -0.2) is 64.1 Å². The van der Waals surface area contributed by atoms with Gasteiger partial charge in [0, 0.05) is 37.9 Å². The van der Waals surface area contributed by atoms with Crippen molar-refractivity contribution in [2.24, 2.45) is 5.92 Å². The van der Waals surface area contributed by atoms with E-state index in [0.29, 0.717) is 50.9 Å². The summed E-state index contributed by atoms with van der Waals surface area (Å²) in [6.07, 6.45) is 4.16. The summed E-state index contributed by atoms with van der Waals surface area (Å²) in [5.74, 6) is 0.511. The summed E-state index contributed by atoms with van der Waals surface area (Å²) in [4.78, 5) is 15.5. The maximum atomic E-state index is 13.3. The summed E-state index contributed by atoms with van der Waals surface area (Å²) < 4.78 is 33.0. The van der Waals surface area contributed by atoms with E-state index >= 15 is 0 Å². The molecule has 1 amide bonds. The molecule has 1 heterocycles. The Labute approximate surface area is 180 Å². The number of morpholine rings is 1. The zero-order chi connectivity index (χ0) is 21.7. The van der Waals surface area contributed by atoms with Crippen LogP contribution in [0.1, 0.15) is 56.8 Å². The first-order valence-corrected chi connectivity index (χ1v) is 12.6. The Morgan fingerprint density at radius 3 is 2.37 bits per heavy atom. The number of rotatable bonds is 7. The molecule has 1 aromatic carbocycles. The summed E-state index contributed by atoms with van der Waals surface area (Å²) in [5.41, 5.74) is 1.21. The lowest BCUT2D eigenvalue weighted by Gasteiger charge is -2.32. The van der Waals surface area contributed by atoms with Crippen LogP contribution in [-0.2, 0) is 14.8 Å². The van der Waals surface area contributed by atoms with Gasteiger partial charge < -0.3 is 15.0 Å². The van der Waals surface area contributed by atoms with Crippen LogP contribution >= 0.6 is 0 Å². The fourth-order valence-corrected chi connectivity index (χ4v) is 5.80. The zero-order valence-corrected chi connectivity index (χ0v) is 19.2. The molecule has 1 saturated carbocycles. The molecule has 1 aliphatic carbocycles. The van der Waals surface area contributed by atoms with Gasteiger partial charge in [0.25, 0.3) is 5.91 Å². The molecule has 3 rings (SSSR count). The number of hydrogen-bond acceptors (Lipinski definition) is 5. The topological polar surface area (TPSA) is 79.0 Å². The summed E-state index contributed by atoms with van der Waals surface area (Å²) in [6, 6.07) is 5.10. The predicted molar refractivity (Wildman–Crippen MR) is 118 cm³/mol. The smallest absolute Gasteiger partial charge is 0.253 e. The molecule has 0 unspecified atom stereocenters. The standard InChI is InChI=1S/C22H35N3O4S/c1-4-25(5-2)30(27,28)19-10-11-21(24-12-14-29-15-13-24)20(16-19)22(26)23-18-8-6-17(3)7-9-18/h10-11,16-18H,4-9,12-15H2,1-3H3,(H,23,26). The molecule has 2 aliphatic rings. The van der Waals surface area contributed by atoms with E-state index in [1.54, 1.807) is 18.2 Å². The highest BCUT2D eigenvalue weighted by Crippen LogP contribution is 2.28. The van der Waals surface area contributed by atoms with Crippen LogP contribution < -0.4 is 10.2 Å². The van der Waals surface area contributed by atoms with Gasteiger partial charge in [0.05, 0.1) is 23.7 Å². The van der Waals surface area contributed by atoms with Crippen molar-refractivity contribution in [3.05, 3.63) is 23.8 Å². The van der Waals surface area contributed by atoms with Crippen molar-refractivity contribution in [1.29, 1.82) is 0 Å². The maximum Gasteiger partial charge on any atom is 0.253 e. The average Bonchev–Trinajstić information content (AvgIpc) is 2.76. The molecule has 0 radical (unpaired) electrons. The molecule has 2 fully saturated rings. The molecular formula is C22H35N3O4S. The number of nitrogens with zero attached hydrogens (tertiary/aromatic N) is 2. The van der Waals surface area contributed by atoms with Gasteiger partial charge in [-0.15, -0.1) is 0 Å². The van der Waals surface area contributed by atoms with Crippen LogP contribution in [0.2, 0.25) is 0 Å². The van der Waals surface area contributed by atoms with Crippen molar-refractivity contribution in [1.82, 2.24) is 9.62 Å². The normalized spacial score (nSPS) is 22.9. The molecular weight excluding hydrogens is 402 g/mol. The first-order chi connectivity index (χ1) is 14.4. The Morgan fingerprint density at radius 2 is 1.77 bits per heavy atom. The number of carbonyl (C=O) groups excluding carboxylic acids is 1. The number of benzene rings is 1. The van der Waals surface area contributed by atoms with E-state index in [-0.39, 0.29) is 16.8 Å². The molecule has 1 aliphatic heterocycles. The molecule has 0 spiro atoms. The Morgan fingerprint density at radius 1 is 1.13 bits per heavy atom. The zero-order valence-electron chi connectivity index (χ0n) is 18.4. The predicted octanol–water partition coefficient (Wildman–Crippen LogP) is 2.86. The van der Waals surface area contributed by atoms with Gasteiger partial charge in [-0.1, -0.05) is 20.8 Å². The SMILES string of the molecule is CCN(CC)S(=O)(=O)c1ccc(N2CCOCC2)c(C(=O)NC2CCC(C)CC2)c1. The van der Waals surface area contributed by atoms with Gasteiger partial charge in [0.1, 0.15) is 0 Å². The molecule has 0 aromatic heterocycles. The summed E-state index contributed by atoms with van der Waals surface area (Å²) >= 11 is 0. The number of nitrogens with one attached hydrogen (secondary N) is 1. The molecule has 0 bridgehead atoms. The second kappa shape index (κ2) is 10.1. The largest absolute Gasteiger partial charge is 0.378 e. The molecule has 1 saturated heterocycles. The maximum absolute atomic E-state index is 13.3. The number of hydrogen-bond donors (Lipinski definition) is 1. The van der Waals surface area contributed by atoms with Gasteiger partial charge in [-0.05, 0) is 49.8 Å². The number of amides is 1. The van der Waals surface area contributed by atoms with E-state index in [9.17, 15) is 13.2 Å². The van der Waals surface area contributed by atoms with Gasteiger partial charge in [-0.3, -0.25) is 4.79 Å². The monoisotopic (exact) mass is 437 g/mol. The van der Waals surface area contributed by atoms with Crippen LogP contribution in [0.5, 0.6) is 0 Å². The van der Waals surface area contributed by atoms with E-state index in [1.807, 2.05) is 13.8 Å². The fourth-order valence-electron chi connectivity index (χ4n) is 4.32. The van der Waals surface area contributed by atoms with Crippen LogP contribution in [0.3, 0.4) is 0 Å². The van der Waals surface area contributed by atoms with Crippen molar-refractivity contribution in [3.63, 3.8) is 0 Å². The molecule has 0 atom stereocenters. The first-order valence-electron chi connectivity index (χ1n) is 11.1. The Bertz CT molecular complexity index is 825. The fraction of sp³-hybridized carbons (Fsp3) is 0.682. The van der Waals surface area contributed by atoms with Crippen LogP contribution in [0, 0.1) is 5.92 Å². The number of sulfonamides is 1. The highest BCUT2D eigenvalue weighted by molar-refractivity contribution is 7.89. The summed E-state index contributed by atoms with van der Waals surface area (Å²) in [6.45, 7) is 9.24.